The monoisotopic (exact) mass is 497 g/mol. The van der Waals surface area contributed by atoms with Gasteiger partial charge in [-0.3, -0.25) is 10.1 Å². The van der Waals surface area contributed by atoms with Crippen LogP contribution < -0.4 is 10.6 Å². The molecule has 178 valence electrons. The van der Waals surface area contributed by atoms with E-state index in [1.165, 1.54) is 28.6 Å². The number of aromatic nitrogens is 1. The molecular formula is C20H24FN5O5S2. The highest BCUT2D eigenvalue weighted by molar-refractivity contribution is 7.89. The minimum atomic E-state index is -3.67. The average Bonchev–Trinajstić information content (AvgIpc) is 3.46. The fourth-order valence-corrected chi connectivity index (χ4v) is 5.54. The highest BCUT2D eigenvalue weighted by atomic mass is 32.2. The van der Waals surface area contributed by atoms with Gasteiger partial charge >= 0.3 is 0 Å². The molecule has 2 aliphatic heterocycles. The first kappa shape index (κ1) is 23.7. The number of oxime groups is 1. The van der Waals surface area contributed by atoms with E-state index >= 15 is 0 Å². The summed E-state index contributed by atoms with van der Waals surface area (Å²) in [5.74, 6) is -0.658. The molecule has 0 bridgehead atoms. The Bertz CT molecular complexity index is 1120. The predicted octanol–water partition coefficient (Wildman–Crippen LogP) is 1.41. The van der Waals surface area contributed by atoms with E-state index in [-0.39, 0.29) is 27.9 Å². The number of ether oxygens (including phenoxy) is 1. The van der Waals surface area contributed by atoms with Crippen molar-refractivity contribution in [3.63, 3.8) is 0 Å². The molecule has 2 aromatic rings. The summed E-state index contributed by atoms with van der Waals surface area (Å²) in [6.07, 6.45) is 1.34. The summed E-state index contributed by atoms with van der Waals surface area (Å²) >= 11 is 0.678. The lowest BCUT2D eigenvalue weighted by Crippen LogP contribution is -2.51. The maximum absolute atomic E-state index is 13.3. The number of nitrogens with one attached hydrogen (secondary N) is 2. The van der Waals surface area contributed by atoms with Crippen molar-refractivity contribution in [2.24, 2.45) is 5.16 Å². The van der Waals surface area contributed by atoms with E-state index in [4.69, 9.17) is 9.57 Å². The number of carbonyl (C=O) groups is 1. The fraction of sp³-hybridized carbons (Fsp3) is 0.450. The van der Waals surface area contributed by atoms with Crippen LogP contribution in [-0.2, 0) is 24.4 Å². The highest BCUT2D eigenvalue weighted by Crippen LogP contribution is 2.20. The van der Waals surface area contributed by atoms with Gasteiger partial charge in [-0.15, -0.1) is 0 Å². The number of carbonyl (C=O) groups excluding carboxylic acids is 1. The molecule has 13 heteroatoms. The molecule has 0 radical (unpaired) electrons. The van der Waals surface area contributed by atoms with E-state index in [0.29, 0.717) is 56.2 Å². The van der Waals surface area contributed by atoms with Gasteiger partial charge in [0.2, 0.25) is 10.0 Å². The molecule has 3 heterocycles. The van der Waals surface area contributed by atoms with Gasteiger partial charge in [-0.2, -0.15) is 8.70 Å². The molecular weight excluding hydrogens is 473 g/mol. The lowest BCUT2D eigenvalue weighted by atomic mass is 10.1. The zero-order valence-electron chi connectivity index (χ0n) is 17.9. The Labute approximate surface area is 194 Å². The lowest BCUT2D eigenvalue weighted by molar-refractivity contribution is -0.110. The minimum absolute atomic E-state index is 0.0580. The zero-order chi connectivity index (χ0) is 23.4. The Morgan fingerprint density at radius 2 is 2.18 bits per heavy atom. The van der Waals surface area contributed by atoms with Crippen LogP contribution in [0.1, 0.15) is 18.9 Å². The van der Waals surface area contributed by atoms with E-state index in [0.717, 1.165) is 6.20 Å². The lowest BCUT2D eigenvalue weighted by Gasteiger charge is -2.31. The maximum Gasteiger partial charge on any atom is 0.280 e. The van der Waals surface area contributed by atoms with Gasteiger partial charge in [0, 0.05) is 37.7 Å². The molecule has 0 saturated carbocycles. The van der Waals surface area contributed by atoms with Gasteiger partial charge in [0.05, 0.1) is 24.3 Å². The summed E-state index contributed by atoms with van der Waals surface area (Å²) in [5.41, 5.74) is 0.258. The van der Waals surface area contributed by atoms with Crippen LogP contribution >= 0.6 is 11.3 Å². The molecule has 0 aliphatic carbocycles. The van der Waals surface area contributed by atoms with Gasteiger partial charge in [0.25, 0.3) is 5.91 Å². The topological polar surface area (TPSA) is 122 Å². The summed E-state index contributed by atoms with van der Waals surface area (Å²) in [6, 6.07) is 5.91. The first-order valence-electron chi connectivity index (χ1n) is 10.4. The van der Waals surface area contributed by atoms with Gasteiger partial charge in [-0.05, 0) is 19.1 Å². The summed E-state index contributed by atoms with van der Waals surface area (Å²) < 4.78 is 45.9. The van der Waals surface area contributed by atoms with Crippen molar-refractivity contribution < 1.29 is 27.2 Å². The fourth-order valence-electron chi connectivity index (χ4n) is 3.47. The molecule has 2 aliphatic rings. The van der Waals surface area contributed by atoms with Crippen LogP contribution in [-0.4, -0.2) is 74.3 Å². The molecule has 0 spiro atoms. The first-order chi connectivity index (χ1) is 15.8. The quantitative estimate of drug-likeness (QED) is 0.438. The van der Waals surface area contributed by atoms with Crippen LogP contribution in [0.5, 0.6) is 0 Å². The molecule has 2 fully saturated rings. The SMILES string of the molecule is C[C@H]1CN(S(=O)(=O)c2ccc(C(=NO[C@@H]3CCOC3)C(=O)Nc3ncc(F)s3)cc2)CCN1. The number of piperazine rings is 1. The largest absolute Gasteiger partial charge is 0.389 e. The number of thiazole rings is 1. The van der Waals surface area contributed by atoms with Crippen LogP contribution in [0.3, 0.4) is 0 Å². The van der Waals surface area contributed by atoms with Crippen molar-refractivity contribution in [3.05, 3.63) is 41.2 Å². The molecule has 1 aromatic carbocycles. The Balaban J connectivity index is 1.56. The van der Waals surface area contributed by atoms with Crippen LogP contribution in [0.15, 0.2) is 40.5 Å². The Hall–Kier alpha value is -2.45. The molecule has 2 saturated heterocycles. The van der Waals surface area contributed by atoms with E-state index in [1.54, 1.807) is 0 Å². The second-order valence-electron chi connectivity index (χ2n) is 7.70. The average molecular weight is 498 g/mol. The maximum atomic E-state index is 13.3. The van der Waals surface area contributed by atoms with Crippen LogP contribution in [0, 0.1) is 5.13 Å². The Morgan fingerprint density at radius 1 is 1.39 bits per heavy atom. The third kappa shape index (κ3) is 5.73. The third-order valence-electron chi connectivity index (χ3n) is 5.19. The second kappa shape index (κ2) is 10.2. The number of rotatable bonds is 7. The number of hydrogen-bond donors (Lipinski definition) is 2. The van der Waals surface area contributed by atoms with Crippen molar-refractivity contribution in [1.29, 1.82) is 0 Å². The normalized spacial score (nSPS) is 22.3. The van der Waals surface area contributed by atoms with Gasteiger partial charge in [-0.1, -0.05) is 28.6 Å². The Morgan fingerprint density at radius 3 is 2.82 bits per heavy atom. The van der Waals surface area contributed by atoms with Crippen molar-refractivity contribution in [2.75, 3.05) is 38.2 Å². The molecule has 0 unspecified atom stereocenters. The molecule has 33 heavy (non-hydrogen) atoms. The molecule has 1 amide bonds. The smallest absolute Gasteiger partial charge is 0.280 e. The number of hydrogen-bond acceptors (Lipinski definition) is 9. The minimum Gasteiger partial charge on any atom is -0.389 e. The summed E-state index contributed by atoms with van der Waals surface area (Å²) in [4.78, 5) is 22.2. The molecule has 2 N–H and O–H groups in total. The van der Waals surface area contributed by atoms with Gasteiger partial charge in [-0.25, -0.2) is 13.4 Å². The number of nitrogens with zero attached hydrogens (tertiary/aromatic N) is 3. The first-order valence-corrected chi connectivity index (χ1v) is 12.7. The summed E-state index contributed by atoms with van der Waals surface area (Å²) in [7, 11) is -3.67. The summed E-state index contributed by atoms with van der Waals surface area (Å²) in [5, 5.41) is 9.24. The van der Waals surface area contributed by atoms with Crippen molar-refractivity contribution in [3.8, 4) is 0 Å². The number of anilines is 1. The van der Waals surface area contributed by atoms with Crippen LogP contribution in [0.25, 0.3) is 0 Å². The number of amides is 1. The van der Waals surface area contributed by atoms with Gasteiger partial charge < -0.3 is 14.9 Å². The van der Waals surface area contributed by atoms with Crippen molar-refractivity contribution in [2.45, 2.75) is 30.4 Å². The molecule has 10 nitrogen and oxygen atoms in total. The molecule has 4 rings (SSSR count). The van der Waals surface area contributed by atoms with Gasteiger partial charge in [0.1, 0.15) is 0 Å². The van der Waals surface area contributed by atoms with E-state index in [2.05, 4.69) is 20.8 Å². The van der Waals surface area contributed by atoms with Gasteiger partial charge in [0.15, 0.2) is 22.1 Å². The second-order valence-corrected chi connectivity index (χ2v) is 10.6. The van der Waals surface area contributed by atoms with E-state index in [9.17, 15) is 17.6 Å². The van der Waals surface area contributed by atoms with Crippen molar-refractivity contribution in [1.82, 2.24) is 14.6 Å². The number of sulfonamides is 1. The third-order valence-corrected chi connectivity index (χ3v) is 7.77. The van der Waals surface area contributed by atoms with Crippen molar-refractivity contribution >= 4 is 38.1 Å². The van der Waals surface area contributed by atoms with E-state index < -0.39 is 21.1 Å². The molecule has 1 aromatic heterocycles. The predicted molar refractivity (Wildman–Crippen MR) is 120 cm³/mol. The molecule has 2 atom stereocenters. The Kier molecular flexibility index (Phi) is 7.34. The zero-order valence-corrected chi connectivity index (χ0v) is 19.5. The summed E-state index contributed by atoms with van der Waals surface area (Å²) in [6.45, 7) is 4.16. The number of halogens is 1. The van der Waals surface area contributed by atoms with Crippen LogP contribution in [0.2, 0.25) is 0 Å². The highest BCUT2D eigenvalue weighted by Gasteiger charge is 2.29. The van der Waals surface area contributed by atoms with E-state index in [1.807, 2.05) is 6.92 Å². The van der Waals surface area contributed by atoms with Crippen LogP contribution in [0.4, 0.5) is 9.52 Å². The standard InChI is InChI=1S/C20H24FN5O5S2/c1-13-11-26(8-7-22-13)33(28,29)16-4-2-14(3-5-16)18(25-31-15-6-9-30-12-15)19(27)24-20-23-10-17(21)32-20/h2-5,10,13,15,22H,6-9,11-12H2,1H3,(H,23,24,27)/t13-,15+/m0/s1. The number of benzene rings is 1.